The van der Waals surface area contributed by atoms with Crippen molar-refractivity contribution in [3.63, 3.8) is 0 Å². The SMILES string of the molecule is C[C@]1(O)C2CCC1C[C@@H](S(=O)(=O)c1cc(C(=O)Nc3ccc(Cl)c(F)c3)ccc1Cl)C2. The van der Waals surface area contributed by atoms with Crippen LogP contribution in [0.25, 0.3) is 0 Å². The number of nitrogens with one attached hydrogen (secondary N) is 1. The van der Waals surface area contributed by atoms with Crippen LogP contribution in [0.5, 0.6) is 0 Å². The van der Waals surface area contributed by atoms with Gasteiger partial charge >= 0.3 is 0 Å². The van der Waals surface area contributed by atoms with Crippen LogP contribution in [0.15, 0.2) is 41.3 Å². The van der Waals surface area contributed by atoms with Gasteiger partial charge < -0.3 is 10.4 Å². The van der Waals surface area contributed by atoms with Crippen LogP contribution in [0, 0.1) is 17.7 Å². The molecule has 2 N–H and O–H groups in total. The van der Waals surface area contributed by atoms with E-state index in [-0.39, 0.29) is 38.0 Å². The molecule has 2 bridgehead atoms. The number of hydrogen-bond donors (Lipinski definition) is 2. The molecule has 166 valence electrons. The van der Waals surface area contributed by atoms with E-state index >= 15 is 0 Å². The van der Waals surface area contributed by atoms with Crippen molar-refractivity contribution in [3.8, 4) is 0 Å². The van der Waals surface area contributed by atoms with Gasteiger partial charge in [-0.1, -0.05) is 23.2 Å². The zero-order chi connectivity index (χ0) is 22.6. The van der Waals surface area contributed by atoms with Crippen LogP contribution in [-0.2, 0) is 9.84 Å². The second kappa shape index (κ2) is 8.03. The Bertz CT molecular complexity index is 1140. The third kappa shape index (κ3) is 4.09. The number of rotatable bonds is 4. The Morgan fingerprint density at radius 2 is 1.71 bits per heavy atom. The maximum atomic E-state index is 13.6. The number of carbonyl (C=O) groups excluding carboxylic acids is 1. The van der Waals surface area contributed by atoms with Crippen molar-refractivity contribution >= 4 is 44.6 Å². The molecule has 0 radical (unpaired) electrons. The van der Waals surface area contributed by atoms with Crippen molar-refractivity contribution in [2.24, 2.45) is 11.8 Å². The second-order valence-corrected chi connectivity index (χ2v) is 11.6. The molecule has 2 aromatic carbocycles. The van der Waals surface area contributed by atoms with Gasteiger partial charge in [-0.05, 0) is 80.8 Å². The highest BCUT2D eigenvalue weighted by atomic mass is 35.5. The fourth-order valence-electron chi connectivity index (χ4n) is 4.84. The highest BCUT2D eigenvalue weighted by molar-refractivity contribution is 7.92. The van der Waals surface area contributed by atoms with Gasteiger partial charge in [0, 0.05) is 11.3 Å². The average molecular weight is 486 g/mol. The molecule has 2 aliphatic rings. The number of amides is 1. The molecule has 2 aromatic rings. The van der Waals surface area contributed by atoms with Gasteiger partial charge in [-0.3, -0.25) is 4.79 Å². The molecule has 0 aromatic heterocycles. The number of anilines is 1. The van der Waals surface area contributed by atoms with Crippen LogP contribution in [0.2, 0.25) is 10.0 Å². The Kier molecular flexibility index (Phi) is 5.83. The normalized spacial score (nSPS) is 27.8. The molecule has 0 heterocycles. The van der Waals surface area contributed by atoms with Gasteiger partial charge in [0.25, 0.3) is 5.91 Å². The summed E-state index contributed by atoms with van der Waals surface area (Å²) in [5.74, 6) is -1.42. The number of hydrogen-bond acceptors (Lipinski definition) is 4. The van der Waals surface area contributed by atoms with E-state index in [1.165, 1.54) is 30.3 Å². The predicted molar refractivity (Wildman–Crippen MR) is 118 cm³/mol. The third-order valence-corrected chi connectivity index (χ3v) is 9.69. The van der Waals surface area contributed by atoms with Crippen LogP contribution in [0.4, 0.5) is 10.1 Å². The molecule has 2 saturated carbocycles. The maximum Gasteiger partial charge on any atom is 0.255 e. The van der Waals surface area contributed by atoms with E-state index in [9.17, 15) is 22.7 Å². The minimum absolute atomic E-state index is 0.0405. The molecule has 2 fully saturated rings. The molecule has 5 nitrogen and oxygen atoms in total. The quantitative estimate of drug-likeness (QED) is 0.630. The van der Waals surface area contributed by atoms with E-state index in [1.807, 2.05) is 0 Å². The number of benzene rings is 2. The van der Waals surface area contributed by atoms with E-state index in [1.54, 1.807) is 6.92 Å². The summed E-state index contributed by atoms with van der Waals surface area (Å²) in [5, 5.41) is 12.5. The predicted octanol–water partition coefficient (Wildman–Crippen LogP) is 5.10. The van der Waals surface area contributed by atoms with E-state index in [0.29, 0.717) is 12.8 Å². The first-order valence-corrected chi connectivity index (χ1v) is 12.3. The van der Waals surface area contributed by atoms with Crippen molar-refractivity contribution in [2.45, 2.75) is 48.4 Å². The molecule has 2 atom stereocenters. The van der Waals surface area contributed by atoms with Crippen molar-refractivity contribution in [1.29, 1.82) is 0 Å². The first-order valence-electron chi connectivity index (χ1n) is 10.0. The molecule has 0 spiro atoms. The molecule has 31 heavy (non-hydrogen) atoms. The summed E-state index contributed by atoms with van der Waals surface area (Å²) < 4.78 is 40.4. The van der Waals surface area contributed by atoms with Crippen LogP contribution in [0.1, 0.15) is 43.0 Å². The fourth-order valence-corrected chi connectivity index (χ4v) is 7.36. The van der Waals surface area contributed by atoms with Crippen molar-refractivity contribution in [3.05, 3.63) is 57.8 Å². The zero-order valence-corrected chi connectivity index (χ0v) is 19.1. The van der Waals surface area contributed by atoms with Gasteiger partial charge in [0.05, 0.1) is 25.8 Å². The molecule has 2 unspecified atom stereocenters. The number of halogens is 3. The standard InChI is InChI=1S/C22H22Cl2FNO4S/c1-22(28)13-3-4-14(22)10-16(9-13)31(29,30)20-8-12(2-6-18(20)24)21(27)26-15-5-7-17(23)19(25)11-15/h2,5-8,11,13-14,16,28H,3-4,9-10H2,1H3,(H,26,27)/t13?,14?,16-,22-. The number of sulfone groups is 1. The van der Waals surface area contributed by atoms with Gasteiger partial charge in [0.1, 0.15) is 5.82 Å². The topological polar surface area (TPSA) is 83.5 Å². The van der Waals surface area contributed by atoms with Gasteiger partial charge in [-0.15, -0.1) is 0 Å². The number of carbonyl (C=O) groups is 1. The summed E-state index contributed by atoms with van der Waals surface area (Å²) in [4.78, 5) is 12.5. The maximum absolute atomic E-state index is 13.6. The average Bonchev–Trinajstić information content (AvgIpc) is 2.87. The van der Waals surface area contributed by atoms with E-state index in [0.717, 1.165) is 18.9 Å². The lowest BCUT2D eigenvalue weighted by Gasteiger charge is -2.40. The molecular weight excluding hydrogens is 464 g/mol. The Hall–Kier alpha value is -1.67. The van der Waals surface area contributed by atoms with E-state index in [2.05, 4.69) is 5.32 Å². The summed E-state index contributed by atoms with van der Waals surface area (Å²) in [6.07, 6.45) is 2.33. The molecule has 0 aliphatic heterocycles. The van der Waals surface area contributed by atoms with Crippen molar-refractivity contribution in [2.75, 3.05) is 5.32 Å². The molecule has 0 saturated heterocycles. The lowest BCUT2D eigenvalue weighted by Crippen LogP contribution is -2.45. The second-order valence-electron chi connectivity index (χ2n) is 8.56. The summed E-state index contributed by atoms with van der Waals surface area (Å²) in [6.45, 7) is 1.79. The van der Waals surface area contributed by atoms with Gasteiger partial charge in [-0.2, -0.15) is 0 Å². The Labute approximate surface area is 190 Å². The highest BCUT2D eigenvalue weighted by Gasteiger charge is 2.53. The van der Waals surface area contributed by atoms with Crippen molar-refractivity contribution in [1.82, 2.24) is 0 Å². The van der Waals surface area contributed by atoms with E-state index < -0.39 is 32.4 Å². The molecule has 1 amide bonds. The summed E-state index contributed by atoms with van der Waals surface area (Å²) >= 11 is 11.9. The monoisotopic (exact) mass is 485 g/mol. The molecule has 2 aliphatic carbocycles. The van der Waals surface area contributed by atoms with Crippen LogP contribution in [0.3, 0.4) is 0 Å². The van der Waals surface area contributed by atoms with Crippen LogP contribution in [-0.4, -0.2) is 30.3 Å². The lowest BCUT2D eigenvalue weighted by atomic mass is 9.76. The van der Waals surface area contributed by atoms with Gasteiger partial charge in [0.2, 0.25) is 0 Å². The number of fused-ring (bicyclic) bond motifs is 2. The van der Waals surface area contributed by atoms with Gasteiger partial charge in [0.15, 0.2) is 9.84 Å². The Morgan fingerprint density at radius 3 is 2.32 bits per heavy atom. The summed E-state index contributed by atoms with van der Waals surface area (Å²) in [7, 11) is -3.81. The van der Waals surface area contributed by atoms with Gasteiger partial charge in [-0.25, -0.2) is 12.8 Å². The number of aliphatic hydroxyl groups is 1. The summed E-state index contributed by atoms with van der Waals surface area (Å²) in [6, 6.07) is 7.89. The Morgan fingerprint density at radius 1 is 1.10 bits per heavy atom. The minimum atomic E-state index is -3.81. The zero-order valence-electron chi connectivity index (χ0n) is 16.7. The van der Waals surface area contributed by atoms with E-state index in [4.69, 9.17) is 23.2 Å². The molecule has 9 heteroatoms. The van der Waals surface area contributed by atoms with Crippen LogP contribution < -0.4 is 5.32 Å². The van der Waals surface area contributed by atoms with Crippen molar-refractivity contribution < 1.29 is 22.7 Å². The van der Waals surface area contributed by atoms with Crippen LogP contribution >= 0.6 is 23.2 Å². The molecule has 4 rings (SSSR count). The fraction of sp³-hybridized carbons (Fsp3) is 0.409. The smallest absolute Gasteiger partial charge is 0.255 e. The summed E-state index contributed by atoms with van der Waals surface area (Å²) in [5.41, 5.74) is -0.563. The Balaban J connectivity index is 1.60. The highest BCUT2D eigenvalue weighted by Crippen LogP contribution is 2.51. The molecular formula is C22H22Cl2FNO4S. The first-order chi connectivity index (χ1) is 14.5. The first kappa shape index (κ1) is 22.5. The third-order valence-electron chi connectivity index (χ3n) is 6.73. The minimum Gasteiger partial charge on any atom is -0.390 e. The lowest BCUT2D eigenvalue weighted by molar-refractivity contribution is -0.0413. The largest absolute Gasteiger partial charge is 0.390 e.